The third-order valence-electron chi connectivity index (χ3n) is 4.63. The van der Waals surface area contributed by atoms with E-state index in [1.165, 1.54) is 12.4 Å². The Morgan fingerprint density at radius 3 is 2.59 bits per heavy atom. The summed E-state index contributed by atoms with van der Waals surface area (Å²) in [6, 6.07) is -0.589. The average Bonchev–Trinajstić information content (AvgIpc) is 3.24. The molecule has 1 fully saturated rings. The summed E-state index contributed by atoms with van der Waals surface area (Å²) < 4.78 is 8.44. The van der Waals surface area contributed by atoms with Gasteiger partial charge < -0.3 is 15.0 Å². The predicted octanol–water partition coefficient (Wildman–Crippen LogP) is 1.73. The van der Waals surface area contributed by atoms with Crippen molar-refractivity contribution in [1.29, 1.82) is 0 Å². The fourth-order valence-electron chi connectivity index (χ4n) is 3.00. The lowest BCUT2D eigenvalue weighted by atomic mass is 10.2. The topological polar surface area (TPSA) is 94.3 Å². The number of aryl methyl sites for hydroxylation is 1. The van der Waals surface area contributed by atoms with Crippen molar-refractivity contribution >= 4 is 29.1 Å². The van der Waals surface area contributed by atoms with Gasteiger partial charge in [0.25, 0.3) is 5.91 Å². The molecule has 27 heavy (non-hydrogen) atoms. The van der Waals surface area contributed by atoms with E-state index in [0.717, 1.165) is 0 Å². The molecular weight excluding hydrogens is 372 g/mol. The van der Waals surface area contributed by atoms with Crippen LogP contribution in [0.2, 0.25) is 5.02 Å². The maximum Gasteiger partial charge on any atom is 0.274 e. The molecule has 0 spiro atoms. The lowest BCUT2D eigenvalue weighted by molar-refractivity contribution is -0.119. The standard InChI is InChI=1S/C17H23ClN6O3/c1-4-23-15(17(26)22-5-7-27-8-6-22)14(10-19-23)21-16(25)12(3)24-11(2)13(18)9-20-24/h9-10,12H,4-8H2,1-3H3,(H,21,25)/t12-/m1/s1. The largest absolute Gasteiger partial charge is 0.378 e. The number of carbonyl (C=O) groups excluding carboxylic acids is 2. The molecule has 0 aromatic carbocycles. The van der Waals surface area contributed by atoms with Crippen LogP contribution in [0.4, 0.5) is 5.69 Å². The van der Waals surface area contributed by atoms with E-state index in [1.54, 1.807) is 28.1 Å². The highest BCUT2D eigenvalue weighted by Gasteiger charge is 2.27. The number of nitrogens with one attached hydrogen (secondary N) is 1. The second kappa shape index (κ2) is 8.10. The van der Waals surface area contributed by atoms with Crippen molar-refractivity contribution in [3.63, 3.8) is 0 Å². The first-order valence-corrected chi connectivity index (χ1v) is 9.25. The van der Waals surface area contributed by atoms with Gasteiger partial charge in [-0.2, -0.15) is 10.2 Å². The van der Waals surface area contributed by atoms with Gasteiger partial charge in [-0.3, -0.25) is 19.0 Å². The summed E-state index contributed by atoms with van der Waals surface area (Å²) in [6.45, 7) is 7.97. The molecule has 0 unspecified atom stereocenters. The minimum Gasteiger partial charge on any atom is -0.378 e. The van der Waals surface area contributed by atoms with Gasteiger partial charge in [0.1, 0.15) is 11.7 Å². The van der Waals surface area contributed by atoms with E-state index in [0.29, 0.717) is 54.9 Å². The molecule has 1 N–H and O–H groups in total. The molecule has 10 heteroatoms. The normalized spacial score (nSPS) is 15.6. The molecule has 146 valence electrons. The number of hydrogen-bond acceptors (Lipinski definition) is 5. The molecule has 0 bridgehead atoms. The lowest BCUT2D eigenvalue weighted by Crippen LogP contribution is -2.42. The van der Waals surface area contributed by atoms with Crippen LogP contribution in [-0.2, 0) is 16.1 Å². The van der Waals surface area contributed by atoms with Crippen molar-refractivity contribution in [3.8, 4) is 0 Å². The number of rotatable bonds is 5. The van der Waals surface area contributed by atoms with Gasteiger partial charge in [-0.05, 0) is 20.8 Å². The van der Waals surface area contributed by atoms with Crippen molar-refractivity contribution < 1.29 is 14.3 Å². The molecule has 9 nitrogen and oxygen atoms in total. The Bertz CT molecular complexity index is 840. The summed E-state index contributed by atoms with van der Waals surface area (Å²) in [5.41, 5.74) is 1.46. The van der Waals surface area contributed by atoms with Crippen molar-refractivity contribution in [3.05, 3.63) is 28.8 Å². The van der Waals surface area contributed by atoms with Gasteiger partial charge in [0.05, 0.1) is 42.0 Å². The zero-order valence-corrected chi connectivity index (χ0v) is 16.4. The molecule has 2 amide bonds. The molecule has 2 aromatic rings. The number of ether oxygens (including phenoxy) is 1. The SMILES string of the molecule is CCn1ncc(NC(=O)[C@@H](C)n2ncc(Cl)c2C)c1C(=O)N1CCOCC1. The Labute approximate surface area is 162 Å². The molecular formula is C17H23ClN6O3. The van der Waals surface area contributed by atoms with Gasteiger partial charge in [0.2, 0.25) is 5.91 Å². The van der Waals surface area contributed by atoms with Gasteiger partial charge in [0.15, 0.2) is 0 Å². The van der Waals surface area contributed by atoms with Gasteiger partial charge in [-0.15, -0.1) is 0 Å². The molecule has 1 atom stereocenters. The summed E-state index contributed by atoms with van der Waals surface area (Å²) in [4.78, 5) is 27.4. The van der Waals surface area contributed by atoms with Crippen molar-refractivity contribution in [2.24, 2.45) is 0 Å². The van der Waals surface area contributed by atoms with E-state index >= 15 is 0 Å². The number of amides is 2. The zero-order chi connectivity index (χ0) is 19.6. The van der Waals surface area contributed by atoms with Crippen LogP contribution in [0.1, 0.15) is 36.1 Å². The summed E-state index contributed by atoms with van der Waals surface area (Å²) in [5, 5.41) is 11.7. The summed E-state index contributed by atoms with van der Waals surface area (Å²) in [5.74, 6) is -0.469. The molecule has 1 aliphatic rings. The number of anilines is 1. The third kappa shape index (κ3) is 3.84. The lowest BCUT2D eigenvalue weighted by Gasteiger charge is -2.27. The first kappa shape index (κ1) is 19.4. The van der Waals surface area contributed by atoms with Crippen molar-refractivity contribution in [2.75, 3.05) is 31.6 Å². The molecule has 3 rings (SSSR count). The Hall–Kier alpha value is -2.39. The minimum atomic E-state index is -0.589. The summed E-state index contributed by atoms with van der Waals surface area (Å²) in [7, 11) is 0. The molecule has 2 aromatic heterocycles. The highest BCUT2D eigenvalue weighted by atomic mass is 35.5. The Morgan fingerprint density at radius 2 is 2.00 bits per heavy atom. The van der Waals surface area contributed by atoms with Crippen LogP contribution < -0.4 is 5.32 Å². The molecule has 1 aliphatic heterocycles. The number of morpholine rings is 1. The molecule has 0 aliphatic carbocycles. The second-order valence-electron chi connectivity index (χ2n) is 6.31. The average molecular weight is 395 g/mol. The van der Waals surface area contributed by atoms with Crippen LogP contribution in [-0.4, -0.2) is 62.6 Å². The van der Waals surface area contributed by atoms with Crippen LogP contribution in [0.15, 0.2) is 12.4 Å². The van der Waals surface area contributed by atoms with Gasteiger partial charge in [-0.1, -0.05) is 11.6 Å². The Kier molecular flexibility index (Phi) is 5.81. The quantitative estimate of drug-likeness (QED) is 0.833. The van der Waals surface area contributed by atoms with Crippen LogP contribution in [0, 0.1) is 6.92 Å². The fraction of sp³-hybridized carbons (Fsp3) is 0.529. The van der Waals surface area contributed by atoms with Crippen LogP contribution in [0.25, 0.3) is 0 Å². The third-order valence-corrected chi connectivity index (χ3v) is 5.00. The van der Waals surface area contributed by atoms with Crippen molar-refractivity contribution in [1.82, 2.24) is 24.5 Å². The first-order chi connectivity index (χ1) is 12.9. The van der Waals surface area contributed by atoms with Crippen LogP contribution in [0.5, 0.6) is 0 Å². The number of hydrogen-bond donors (Lipinski definition) is 1. The Balaban J connectivity index is 1.82. The Morgan fingerprint density at radius 1 is 1.30 bits per heavy atom. The molecule has 0 radical (unpaired) electrons. The minimum absolute atomic E-state index is 0.168. The number of aromatic nitrogens is 4. The van der Waals surface area contributed by atoms with E-state index in [4.69, 9.17) is 16.3 Å². The summed E-state index contributed by atoms with van der Waals surface area (Å²) in [6.07, 6.45) is 3.01. The van der Waals surface area contributed by atoms with E-state index in [1.807, 2.05) is 6.92 Å². The van der Waals surface area contributed by atoms with Crippen LogP contribution in [0.3, 0.4) is 0 Å². The summed E-state index contributed by atoms with van der Waals surface area (Å²) >= 11 is 6.02. The number of nitrogens with zero attached hydrogens (tertiary/aromatic N) is 5. The first-order valence-electron chi connectivity index (χ1n) is 8.87. The maximum atomic E-state index is 13.0. The molecule has 3 heterocycles. The van der Waals surface area contributed by atoms with E-state index < -0.39 is 6.04 Å². The van der Waals surface area contributed by atoms with Gasteiger partial charge >= 0.3 is 0 Å². The van der Waals surface area contributed by atoms with E-state index in [9.17, 15) is 9.59 Å². The van der Waals surface area contributed by atoms with Gasteiger partial charge in [0, 0.05) is 19.6 Å². The number of carbonyl (C=O) groups is 2. The zero-order valence-electron chi connectivity index (χ0n) is 15.6. The van der Waals surface area contributed by atoms with Crippen LogP contribution >= 0.6 is 11.6 Å². The van der Waals surface area contributed by atoms with Crippen molar-refractivity contribution in [2.45, 2.75) is 33.4 Å². The number of halogens is 1. The predicted molar refractivity (Wildman–Crippen MR) is 99.9 cm³/mol. The highest BCUT2D eigenvalue weighted by Crippen LogP contribution is 2.22. The molecule has 1 saturated heterocycles. The van der Waals surface area contributed by atoms with E-state index in [2.05, 4.69) is 15.5 Å². The fourth-order valence-corrected chi connectivity index (χ4v) is 3.13. The highest BCUT2D eigenvalue weighted by molar-refractivity contribution is 6.31. The maximum absolute atomic E-state index is 13.0. The smallest absolute Gasteiger partial charge is 0.274 e. The molecule has 0 saturated carbocycles. The van der Waals surface area contributed by atoms with Gasteiger partial charge in [-0.25, -0.2) is 0 Å². The second-order valence-corrected chi connectivity index (χ2v) is 6.72. The monoisotopic (exact) mass is 394 g/mol. The van der Waals surface area contributed by atoms with E-state index in [-0.39, 0.29) is 11.8 Å².